The van der Waals surface area contributed by atoms with Crippen molar-refractivity contribution in [3.8, 4) is 0 Å². The number of rotatable bonds is 9. The number of carbonyl (C=O) groups excluding carboxylic acids is 2. The summed E-state index contributed by atoms with van der Waals surface area (Å²) in [7, 11) is 0. The zero-order chi connectivity index (χ0) is 20.9. The Morgan fingerprint density at radius 1 is 1.10 bits per heavy atom. The minimum atomic E-state index is -3.25. The first-order valence-corrected chi connectivity index (χ1v) is 6.59. The van der Waals surface area contributed by atoms with Crippen LogP contribution in [0.25, 0.3) is 0 Å². The van der Waals surface area contributed by atoms with Gasteiger partial charge in [0, 0.05) is 18.5 Å². The van der Waals surface area contributed by atoms with Crippen LogP contribution in [0.4, 0.5) is 0 Å². The highest BCUT2D eigenvalue weighted by atomic mass is 16.5. The largest absolute Gasteiger partial charge is 0.466 e. The van der Waals surface area contributed by atoms with Crippen LogP contribution in [0.1, 0.15) is 34.0 Å². The fraction of sp³-hybridized carbons (Fsp3) is 0.500. The maximum absolute atomic E-state index is 12.1. The number of nitrogens with zero attached hydrogens (tertiary/aromatic N) is 1. The predicted molar refractivity (Wildman–Crippen MR) is 79.6 cm³/mol. The SMILES string of the molecule is [2H]C([2H])(C(=O)OCC)N(Cc1ccccc1)C([2H])([2H])C([2H])([2H])C(=O)OCC. The molecule has 0 unspecified atom stereocenters. The first-order chi connectivity index (χ1) is 12.4. The van der Waals surface area contributed by atoms with E-state index in [0.717, 1.165) is 0 Å². The Morgan fingerprint density at radius 3 is 2.33 bits per heavy atom. The van der Waals surface area contributed by atoms with Gasteiger partial charge in [0.15, 0.2) is 0 Å². The van der Waals surface area contributed by atoms with Gasteiger partial charge in [0.1, 0.15) is 0 Å². The van der Waals surface area contributed by atoms with Gasteiger partial charge in [-0.3, -0.25) is 14.5 Å². The van der Waals surface area contributed by atoms with E-state index in [9.17, 15) is 9.59 Å². The Labute approximate surface area is 134 Å². The Balaban J connectivity index is 3.42. The van der Waals surface area contributed by atoms with E-state index >= 15 is 0 Å². The zero-order valence-electron chi connectivity index (χ0n) is 18.1. The predicted octanol–water partition coefficient (Wildman–Crippen LogP) is 2.00. The zero-order valence-corrected chi connectivity index (χ0v) is 12.1. The second-order valence-electron chi connectivity index (χ2n) is 3.86. The number of carbonyl (C=O) groups is 2. The summed E-state index contributed by atoms with van der Waals surface area (Å²) >= 11 is 0. The lowest BCUT2D eigenvalue weighted by atomic mass is 10.2. The monoisotopic (exact) mass is 299 g/mol. The number of benzene rings is 1. The van der Waals surface area contributed by atoms with E-state index in [1.54, 1.807) is 30.3 Å². The molecule has 0 fully saturated rings. The Kier molecular flexibility index (Phi) is 4.71. The van der Waals surface area contributed by atoms with Crippen LogP contribution in [-0.2, 0) is 25.6 Å². The van der Waals surface area contributed by atoms with Crippen LogP contribution in [0.5, 0.6) is 0 Å². The molecule has 0 spiro atoms. The molecule has 0 saturated heterocycles. The molecule has 0 N–H and O–H groups in total. The van der Waals surface area contributed by atoms with Crippen LogP contribution >= 0.6 is 0 Å². The molecule has 0 radical (unpaired) electrons. The van der Waals surface area contributed by atoms with Crippen molar-refractivity contribution in [2.75, 3.05) is 26.2 Å². The van der Waals surface area contributed by atoms with Gasteiger partial charge in [0.2, 0.25) is 0 Å². The number of ether oxygens (including phenoxy) is 2. The van der Waals surface area contributed by atoms with Gasteiger partial charge in [0.05, 0.1) is 28.8 Å². The van der Waals surface area contributed by atoms with Gasteiger partial charge in [-0.15, -0.1) is 0 Å². The average Bonchev–Trinajstić information content (AvgIpc) is 2.60. The number of hydrogen-bond acceptors (Lipinski definition) is 5. The molecule has 1 rings (SSSR count). The molecule has 0 bridgehead atoms. The molecular formula is C16H23NO4. The summed E-state index contributed by atoms with van der Waals surface area (Å²) in [5.74, 6) is -2.88. The lowest BCUT2D eigenvalue weighted by Crippen LogP contribution is -2.32. The van der Waals surface area contributed by atoms with Gasteiger partial charge in [-0.1, -0.05) is 30.3 Å². The van der Waals surface area contributed by atoms with Crippen LogP contribution < -0.4 is 0 Å². The molecule has 1 aromatic carbocycles. The molecule has 0 aromatic heterocycles. The van der Waals surface area contributed by atoms with E-state index in [1.807, 2.05) is 0 Å². The Hall–Kier alpha value is -1.88. The summed E-state index contributed by atoms with van der Waals surface area (Å²) in [5, 5.41) is 0. The molecule has 0 atom stereocenters. The fourth-order valence-corrected chi connectivity index (χ4v) is 1.43. The molecule has 0 saturated carbocycles. The summed E-state index contributed by atoms with van der Waals surface area (Å²) in [4.78, 5) is 24.4. The van der Waals surface area contributed by atoms with Crippen LogP contribution in [0, 0.1) is 0 Å². The molecular weight excluding hydrogens is 270 g/mol. The molecule has 0 amide bonds. The quantitative estimate of drug-likeness (QED) is 0.653. The third-order valence-electron chi connectivity index (χ3n) is 2.25. The smallest absolute Gasteiger partial charge is 0.320 e. The van der Waals surface area contributed by atoms with Gasteiger partial charge in [-0.05, 0) is 19.4 Å². The van der Waals surface area contributed by atoms with Crippen molar-refractivity contribution in [3.05, 3.63) is 35.9 Å². The number of hydrogen-bond donors (Lipinski definition) is 0. The number of esters is 2. The Bertz CT molecular complexity index is 654. The van der Waals surface area contributed by atoms with Crippen LogP contribution in [0.3, 0.4) is 0 Å². The van der Waals surface area contributed by atoms with Crippen LogP contribution in [0.2, 0.25) is 0 Å². The second-order valence-corrected chi connectivity index (χ2v) is 3.86. The summed E-state index contributed by atoms with van der Waals surface area (Å²) < 4.78 is 57.7. The highest BCUT2D eigenvalue weighted by Crippen LogP contribution is 2.06. The molecule has 5 heteroatoms. The Morgan fingerprint density at radius 2 is 1.71 bits per heavy atom. The molecule has 0 heterocycles. The lowest BCUT2D eigenvalue weighted by Gasteiger charge is -2.21. The van der Waals surface area contributed by atoms with Crippen molar-refractivity contribution < 1.29 is 27.3 Å². The van der Waals surface area contributed by atoms with Crippen molar-refractivity contribution in [2.45, 2.75) is 26.8 Å². The van der Waals surface area contributed by atoms with Crippen molar-refractivity contribution in [1.29, 1.82) is 0 Å². The molecule has 0 aliphatic rings. The standard InChI is InChI=1S/C16H23NO4/c1-3-20-15(18)10-11-17(13-16(19)21-4-2)12-14-8-6-5-7-9-14/h5-9H,3-4,10-13H2,1-2H3/i10D2,11D2,13D2. The summed E-state index contributed by atoms with van der Waals surface area (Å²) in [6, 6.07) is 8.07. The summed E-state index contributed by atoms with van der Waals surface area (Å²) in [6.45, 7) is -4.20. The lowest BCUT2D eigenvalue weighted by molar-refractivity contribution is -0.147. The minimum absolute atomic E-state index is 0.148. The molecule has 0 aliphatic heterocycles. The van der Waals surface area contributed by atoms with Crippen LogP contribution in [0.15, 0.2) is 30.3 Å². The summed E-state index contributed by atoms with van der Waals surface area (Å²) in [6.07, 6.45) is -3.25. The first kappa shape index (κ1) is 9.95. The molecule has 116 valence electrons. The average molecular weight is 299 g/mol. The molecule has 1 aromatic rings. The highest BCUT2D eigenvalue weighted by molar-refractivity contribution is 5.72. The van der Waals surface area contributed by atoms with Gasteiger partial charge in [-0.2, -0.15) is 0 Å². The van der Waals surface area contributed by atoms with E-state index in [4.69, 9.17) is 8.22 Å². The van der Waals surface area contributed by atoms with Gasteiger partial charge >= 0.3 is 11.9 Å². The second kappa shape index (κ2) is 9.94. The third kappa shape index (κ3) is 7.46. The third-order valence-corrected chi connectivity index (χ3v) is 2.25. The minimum Gasteiger partial charge on any atom is -0.466 e. The van der Waals surface area contributed by atoms with Gasteiger partial charge < -0.3 is 9.47 Å². The molecule has 21 heavy (non-hydrogen) atoms. The van der Waals surface area contributed by atoms with Crippen molar-refractivity contribution >= 4 is 11.9 Å². The first-order valence-electron chi connectivity index (χ1n) is 9.59. The maximum atomic E-state index is 12.1. The van der Waals surface area contributed by atoms with Crippen molar-refractivity contribution in [1.82, 2.24) is 4.90 Å². The van der Waals surface area contributed by atoms with Crippen molar-refractivity contribution in [2.24, 2.45) is 0 Å². The van der Waals surface area contributed by atoms with E-state index in [1.165, 1.54) is 13.8 Å². The normalized spacial score (nSPS) is 16.7. The van der Waals surface area contributed by atoms with E-state index in [-0.39, 0.29) is 13.2 Å². The van der Waals surface area contributed by atoms with E-state index < -0.39 is 37.9 Å². The van der Waals surface area contributed by atoms with Gasteiger partial charge in [-0.25, -0.2) is 0 Å². The van der Waals surface area contributed by atoms with E-state index in [2.05, 4.69) is 9.47 Å². The van der Waals surface area contributed by atoms with Gasteiger partial charge in [0.25, 0.3) is 0 Å². The van der Waals surface area contributed by atoms with Crippen LogP contribution in [-0.4, -0.2) is 43.0 Å². The molecule has 5 nitrogen and oxygen atoms in total. The topological polar surface area (TPSA) is 55.8 Å². The van der Waals surface area contributed by atoms with Crippen molar-refractivity contribution in [3.63, 3.8) is 0 Å². The maximum Gasteiger partial charge on any atom is 0.320 e. The summed E-state index contributed by atoms with van der Waals surface area (Å²) in [5.41, 5.74) is 0.411. The fourth-order valence-electron chi connectivity index (χ4n) is 1.43. The highest BCUT2D eigenvalue weighted by Gasteiger charge is 2.14. The molecule has 0 aliphatic carbocycles. The van der Waals surface area contributed by atoms with E-state index in [0.29, 0.717) is 10.5 Å².